The molecule has 2 fully saturated rings. The Kier molecular flexibility index (Phi) is 10.3. The summed E-state index contributed by atoms with van der Waals surface area (Å²) >= 11 is 0. The second-order valence-corrected chi connectivity index (χ2v) is 7.22. The SMILES string of the molecule is COCC1OC(OCC2OC(O)(COC)C(OC)C2OC)C(OC)C(OC)C1OC. The Morgan fingerprint density at radius 2 is 1.33 bits per heavy atom. The van der Waals surface area contributed by atoms with Gasteiger partial charge in [-0.1, -0.05) is 0 Å². The average Bonchev–Trinajstić information content (AvgIpc) is 3.02. The number of hydrogen-bond acceptors (Lipinski definition) is 11. The summed E-state index contributed by atoms with van der Waals surface area (Å²) in [5.41, 5.74) is 0. The predicted octanol–water partition coefficient (Wildman–Crippen LogP) is -0.817. The Morgan fingerprint density at radius 1 is 0.700 bits per heavy atom. The summed E-state index contributed by atoms with van der Waals surface area (Å²) in [6, 6.07) is 0. The van der Waals surface area contributed by atoms with E-state index in [-0.39, 0.29) is 19.8 Å². The van der Waals surface area contributed by atoms with Crippen LogP contribution in [0.1, 0.15) is 0 Å². The van der Waals surface area contributed by atoms with Crippen molar-refractivity contribution in [1.29, 1.82) is 0 Å². The van der Waals surface area contributed by atoms with Crippen molar-refractivity contribution in [3.05, 3.63) is 0 Å². The van der Waals surface area contributed by atoms with Crippen molar-refractivity contribution in [1.82, 2.24) is 0 Å². The lowest BCUT2D eigenvalue weighted by atomic mass is 9.98. The van der Waals surface area contributed by atoms with E-state index in [9.17, 15) is 5.11 Å². The maximum atomic E-state index is 10.8. The Hall–Kier alpha value is -0.440. The van der Waals surface area contributed by atoms with Gasteiger partial charge in [0.25, 0.3) is 0 Å². The van der Waals surface area contributed by atoms with Crippen molar-refractivity contribution in [3.63, 3.8) is 0 Å². The van der Waals surface area contributed by atoms with Crippen LogP contribution in [0.15, 0.2) is 0 Å². The van der Waals surface area contributed by atoms with Gasteiger partial charge in [-0.25, -0.2) is 0 Å². The molecule has 0 aromatic heterocycles. The molecule has 0 aliphatic carbocycles. The van der Waals surface area contributed by atoms with Gasteiger partial charge in [-0.2, -0.15) is 0 Å². The molecule has 0 saturated carbocycles. The molecule has 2 rings (SSSR count). The molecule has 9 atom stereocenters. The molecule has 0 bridgehead atoms. The summed E-state index contributed by atoms with van der Waals surface area (Å²) in [7, 11) is 10.7. The predicted molar refractivity (Wildman–Crippen MR) is 102 cm³/mol. The van der Waals surface area contributed by atoms with E-state index >= 15 is 0 Å². The molecule has 0 amide bonds. The van der Waals surface area contributed by atoms with Crippen LogP contribution in [-0.2, 0) is 47.4 Å². The zero-order chi connectivity index (χ0) is 22.3. The molecule has 9 unspecified atom stereocenters. The van der Waals surface area contributed by atoms with E-state index in [1.807, 2.05) is 0 Å². The molecule has 0 aromatic carbocycles. The van der Waals surface area contributed by atoms with Crippen LogP contribution in [-0.4, -0.2) is 130 Å². The monoisotopic (exact) mass is 440 g/mol. The highest BCUT2D eigenvalue weighted by Crippen LogP contribution is 2.35. The molecular weight excluding hydrogens is 404 g/mol. The van der Waals surface area contributed by atoms with Crippen LogP contribution in [0.2, 0.25) is 0 Å². The third kappa shape index (κ3) is 5.30. The zero-order valence-electron chi connectivity index (χ0n) is 18.8. The maximum Gasteiger partial charge on any atom is 0.219 e. The third-order valence-corrected chi connectivity index (χ3v) is 5.51. The van der Waals surface area contributed by atoms with Gasteiger partial charge in [-0.15, -0.1) is 0 Å². The van der Waals surface area contributed by atoms with Crippen molar-refractivity contribution >= 4 is 0 Å². The highest BCUT2D eigenvalue weighted by atomic mass is 16.7. The zero-order valence-corrected chi connectivity index (χ0v) is 18.8. The van der Waals surface area contributed by atoms with Crippen molar-refractivity contribution in [2.75, 3.05) is 69.6 Å². The van der Waals surface area contributed by atoms with E-state index in [2.05, 4.69) is 0 Å². The third-order valence-electron chi connectivity index (χ3n) is 5.51. The molecule has 0 spiro atoms. The fourth-order valence-electron chi connectivity index (χ4n) is 4.20. The summed E-state index contributed by atoms with van der Waals surface area (Å²) in [5.74, 6) is -1.67. The Bertz CT molecular complexity index is 495. The Balaban J connectivity index is 2.13. The van der Waals surface area contributed by atoms with Gasteiger partial charge in [0.2, 0.25) is 5.79 Å². The Morgan fingerprint density at radius 3 is 1.83 bits per heavy atom. The minimum Gasteiger partial charge on any atom is -0.382 e. The van der Waals surface area contributed by atoms with Crippen LogP contribution < -0.4 is 0 Å². The first kappa shape index (κ1) is 25.8. The van der Waals surface area contributed by atoms with Crippen LogP contribution in [0.4, 0.5) is 0 Å². The van der Waals surface area contributed by atoms with Gasteiger partial charge in [0, 0.05) is 49.8 Å². The molecule has 178 valence electrons. The number of aliphatic hydroxyl groups is 1. The van der Waals surface area contributed by atoms with Crippen LogP contribution in [0.5, 0.6) is 0 Å². The average molecular weight is 440 g/mol. The molecule has 2 aliphatic rings. The first-order valence-electron chi connectivity index (χ1n) is 9.73. The summed E-state index contributed by atoms with van der Waals surface area (Å²) in [6.45, 7) is 0.247. The number of ether oxygens (including phenoxy) is 10. The van der Waals surface area contributed by atoms with Crippen LogP contribution in [0, 0.1) is 0 Å². The molecule has 1 N–H and O–H groups in total. The van der Waals surface area contributed by atoms with Gasteiger partial charge in [-0.3, -0.25) is 0 Å². The first-order chi connectivity index (χ1) is 14.4. The lowest BCUT2D eigenvalue weighted by Gasteiger charge is -2.44. The first-order valence-corrected chi connectivity index (χ1v) is 9.73. The van der Waals surface area contributed by atoms with Crippen LogP contribution in [0.25, 0.3) is 0 Å². The second kappa shape index (κ2) is 12.0. The summed E-state index contributed by atoms with van der Waals surface area (Å²) in [4.78, 5) is 0. The summed E-state index contributed by atoms with van der Waals surface area (Å²) < 4.78 is 55.9. The van der Waals surface area contributed by atoms with E-state index in [4.69, 9.17) is 47.4 Å². The minimum atomic E-state index is -1.67. The van der Waals surface area contributed by atoms with Crippen molar-refractivity contribution in [2.24, 2.45) is 0 Å². The molecule has 11 heteroatoms. The number of methoxy groups -OCH3 is 7. The highest BCUT2D eigenvalue weighted by molar-refractivity contribution is 4.98. The van der Waals surface area contributed by atoms with Gasteiger partial charge in [0.15, 0.2) is 6.29 Å². The molecule has 2 saturated heterocycles. The summed E-state index contributed by atoms with van der Waals surface area (Å²) in [6.07, 6.45) is -4.61. The molecule has 0 radical (unpaired) electrons. The van der Waals surface area contributed by atoms with E-state index in [1.165, 1.54) is 21.3 Å². The van der Waals surface area contributed by atoms with Crippen molar-refractivity contribution in [3.8, 4) is 0 Å². The van der Waals surface area contributed by atoms with Gasteiger partial charge < -0.3 is 52.5 Å². The fraction of sp³-hybridized carbons (Fsp3) is 1.00. The Labute approximate surface area is 177 Å². The second-order valence-electron chi connectivity index (χ2n) is 7.22. The fourth-order valence-corrected chi connectivity index (χ4v) is 4.20. The maximum absolute atomic E-state index is 10.8. The molecule has 2 aliphatic heterocycles. The lowest BCUT2D eigenvalue weighted by Crippen LogP contribution is -2.61. The highest BCUT2D eigenvalue weighted by Gasteiger charge is 2.56. The lowest BCUT2D eigenvalue weighted by molar-refractivity contribution is -0.321. The van der Waals surface area contributed by atoms with Gasteiger partial charge in [0.1, 0.15) is 49.3 Å². The van der Waals surface area contributed by atoms with E-state index in [1.54, 1.807) is 28.4 Å². The minimum absolute atomic E-state index is 0.0443. The van der Waals surface area contributed by atoms with Gasteiger partial charge >= 0.3 is 0 Å². The smallest absolute Gasteiger partial charge is 0.219 e. The standard InChI is InChI=1S/C19H36O11/c1-21-8-11-13(23-3)15(25-5)16(26-6)18(29-11)28-9-12-14(24-4)17(27-7)19(20,30-12)10-22-2/h11-18,20H,8-10H2,1-7H3. The summed E-state index contributed by atoms with van der Waals surface area (Å²) in [5, 5.41) is 10.8. The molecule has 11 nitrogen and oxygen atoms in total. The van der Waals surface area contributed by atoms with Crippen molar-refractivity contribution < 1.29 is 52.5 Å². The number of rotatable bonds is 12. The topological polar surface area (TPSA) is 113 Å². The number of hydrogen-bond donors (Lipinski definition) is 1. The molecule has 30 heavy (non-hydrogen) atoms. The van der Waals surface area contributed by atoms with Gasteiger partial charge in [-0.05, 0) is 0 Å². The van der Waals surface area contributed by atoms with Crippen LogP contribution >= 0.6 is 0 Å². The normalized spacial score (nSPS) is 42.0. The molecular formula is C19H36O11. The van der Waals surface area contributed by atoms with E-state index in [0.717, 1.165) is 0 Å². The van der Waals surface area contributed by atoms with E-state index < -0.39 is 54.8 Å². The molecule has 0 aromatic rings. The molecule has 2 heterocycles. The van der Waals surface area contributed by atoms with Crippen molar-refractivity contribution in [2.45, 2.75) is 54.8 Å². The largest absolute Gasteiger partial charge is 0.382 e. The van der Waals surface area contributed by atoms with E-state index in [0.29, 0.717) is 0 Å². The van der Waals surface area contributed by atoms with Gasteiger partial charge in [0.05, 0.1) is 13.2 Å². The van der Waals surface area contributed by atoms with Crippen LogP contribution in [0.3, 0.4) is 0 Å². The quantitative estimate of drug-likeness (QED) is 0.411.